The third-order valence-electron chi connectivity index (χ3n) is 6.01. The summed E-state index contributed by atoms with van der Waals surface area (Å²) >= 11 is 0. The molecule has 6 atom stereocenters. The molecule has 1 amide bonds. The molecule has 0 aromatic heterocycles. The molecule has 3 unspecified atom stereocenters. The Morgan fingerprint density at radius 1 is 1.19 bits per heavy atom. The van der Waals surface area contributed by atoms with Gasteiger partial charge in [-0.25, -0.2) is 0 Å². The molecule has 4 nitrogen and oxygen atoms in total. The normalized spacial score (nSPS) is 36.2. The third kappa shape index (κ3) is 3.37. The van der Waals surface area contributed by atoms with Gasteiger partial charge in [0.2, 0.25) is 5.91 Å². The lowest BCUT2D eigenvalue weighted by atomic mass is 9.71. The second kappa shape index (κ2) is 6.27. The molecular weight excluding hydrogens is 347 g/mol. The molecule has 2 aliphatic carbocycles. The molecular formula is C19H26F3NO3. The zero-order valence-electron chi connectivity index (χ0n) is 15.4. The van der Waals surface area contributed by atoms with Gasteiger partial charge in [-0.2, -0.15) is 13.2 Å². The fourth-order valence-electron chi connectivity index (χ4n) is 5.02. The first kappa shape index (κ1) is 19.2. The fourth-order valence-corrected chi connectivity index (χ4v) is 5.02. The number of carbonyl (C=O) groups is 2. The lowest BCUT2D eigenvalue weighted by Crippen LogP contribution is -2.54. The van der Waals surface area contributed by atoms with Crippen LogP contribution in [-0.4, -0.2) is 41.6 Å². The van der Waals surface area contributed by atoms with E-state index in [1.165, 1.54) is 4.90 Å². The first-order valence-corrected chi connectivity index (χ1v) is 9.12. The maximum absolute atomic E-state index is 12.8. The molecule has 7 heteroatoms. The van der Waals surface area contributed by atoms with Crippen molar-refractivity contribution in [1.82, 2.24) is 4.90 Å². The SMILES string of the molecule is C=CC1[C@@H]2CC3C[C@H]1[C@H](OC(=O)C(C)(C)C)C2N(C(=O)CC(F)(F)F)C3. The molecule has 0 radical (unpaired) electrons. The lowest BCUT2D eigenvalue weighted by Gasteiger charge is -2.44. The van der Waals surface area contributed by atoms with E-state index in [9.17, 15) is 22.8 Å². The first-order valence-electron chi connectivity index (χ1n) is 9.12. The Morgan fingerprint density at radius 3 is 2.35 bits per heavy atom. The Kier molecular flexibility index (Phi) is 4.64. The number of rotatable bonds is 3. The van der Waals surface area contributed by atoms with E-state index in [1.54, 1.807) is 20.8 Å². The molecule has 1 aliphatic heterocycles. The van der Waals surface area contributed by atoms with Crippen LogP contribution in [0.5, 0.6) is 0 Å². The number of ether oxygens (including phenoxy) is 1. The number of carbonyl (C=O) groups excluding carboxylic acids is 2. The van der Waals surface area contributed by atoms with Crippen molar-refractivity contribution in [2.75, 3.05) is 6.54 Å². The van der Waals surface area contributed by atoms with E-state index >= 15 is 0 Å². The molecule has 26 heavy (non-hydrogen) atoms. The summed E-state index contributed by atoms with van der Waals surface area (Å²) in [5, 5.41) is 0. The van der Waals surface area contributed by atoms with Crippen LogP contribution in [0.25, 0.3) is 0 Å². The maximum atomic E-state index is 12.8. The quantitative estimate of drug-likeness (QED) is 0.561. The van der Waals surface area contributed by atoms with Crippen molar-refractivity contribution in [2.45, 2.75) is 58.4 Å². The molecule has 3 fully saturated rings. The van der Waals surface area contributed by atoms with Gasteiger partial charge in [-0.15, -0.1) is 6.58 Å². The number of hydrogen-bond donors (Lipinski definition) is 0. The highest BCUT2D eigenvalue weighted by Gasteiger charge is 2.61. The van der Waals surface area contributed by atoms with Crippen molar-refractivity contribution in [3.8, 4) is 0 Å². The number of allylic oxidation sites excluding steroid dienone is 1. The van der Waals surface area contributed by atoms with Gasteiger partial charge in [-0.1, -0.05) is 6.08 Å². The van der Waals surface area contributed by atoms with Gasteiger partial charge in [0.25, 0.3) is 0 Å². The number of esters is 1. The van der Waals surface area contributed by atoms with Crippen molar-refractivity contribution in [1.29, 1.82) is 0 Å². The van der Waals surface area contributed by atoms with Gasteiger partial charge in [0.1, 0.15) is 12.5 Å². The van der Waals surface area contributed by atoms with Crippen LogP contribution in [0.3, 0.4) is 0 Å². The van der Waals surface area contributed by atoms with Crippen LogP contribution in [0.2, 0.25) is 0 Å². The molecule has 1 heterocycles. The number of piperidine rings is 1. The highest BCUT2D eigenvalue weighted by Crippen LogP contribution is 2.56. The highest BCUT2D eigenvalue weighted by atomic mass is 19.4. The van der Waals surface area contributed by atoms with Gasteiger partial charge in [0.05, 0.1) is 11.5 Å². The van der Waals surface area contributed by atoms with Crippen LogP contribution in [0.4, 0.5) is 13.2 Å². The average molecular weight is 373 g/mol. The summed E-state index contributed by atoms with van der Waals surface area (Å²) in [6.45, 7) is 9.42. The monoisotopic (exact) mass is 373 g/mol. The Balaban J connectivity index is 1.90. The summed E-state index contributed by atoms with van der Waals surface area (Å²) in [6, 6.07) is -0.483. The summed E-state index contributed by atoms with van der Waals surface area (Å²) in [5.41, 5.74) is -0.709. The lowest BCUT2D eigenvalue weighted by molar-refractivity contribution is -0.173. The Labute approximate surface area is 151 Å². The number of likely N-dealkylation sites (tertiary alicyclic amines) is 1. The van der Waals surface area contributed by atoms with Gasteiger partial charge in [0.15, 0.2) is 0 Å². The molecule has 1 saturated heterocycles. The van der Waals surface area contributed by atoms with E-state index in [2.05, 4.69) is 6.58 Å². The first-order chi connectivity index (χ1) is 11.9. The number of alkyl halides is 3. The number of halogens is 3. The van der Waals surface area contributed by atoms with E-state index in [0.717, 1.165) is 12.8 Å². The zero-order valence-corrected chi connectivity index (χ0v) is 15.4. The van der Waals surface area contributed by atoms with Crippen LogP contribution >= 0.6 is 0 Å². The molecule has 3 bridgehead atoms. The minimum Gasteiger partial charge on any atom is -0.459 e. The third-order valence-corrected chi connectivity index (χ3v) is 6.01. The number of fused-ring (bicyclic) bond motifs is 2. The second-order valence-electron chi connectivity index (χ2n) is 8.93. The van der Waals surface area contributed by atoms with Crippen LogP contribution in [0.15, 0.2) is 12.7 Å². The topological polar surface area (TPSA) is 46.6 Å². The summed E-state index contributed by atoms with van der Waals surface area (Å²) < 4.78 is 44.1. The predicted octanol–water partition coefficient (Wildman–Crippen LogP) is 3.57. The molecule has 0 aromatic carbocycles. The molecule has 3 aliphatic rings. The standard InChI is InChI=1S/C19H26F3NO3/c1-5-11-12-6-10-7-13(11)16(26-17(25)18(2,3)4)15(12)23(9-10)14(24)8-19(20,21)22/h5,10-13,15-16H,1,6-9H2,2-4H3/t10?,11?,12-,13+,15?,16-/m0/s1. The molecule has 0 spiro atoms. The van der Waals surface area contributed by atoms with Crippen molar-refractivity contribution >= 4 is 11.9 Å². The van der Waals surface area contributed by atoms with Crippen LogP contribution in [0, 0.1) is 29.1 Å². The van der Waals surface area contributed by atoms with E-state index < -0.39 is 36.1 Å². The molecule has 0 N–H and O–H groups in total. The average Bonchev–Trinajstić information content (AvgIpc) is 2.61. The van der Waals surface area contributed by atoms with Gasteiger partial charge in [0, 0.05) is 12.5 Å². The minimum absolute atomic E-state index is 0.0138. The van der Waals surface area contributed by atoms with Gasteiger partial charge in [-0.05, 0) is 51.4 Å². The van der Waals surface area contributed by atoms with Crippen molar-refractivity contribution in [3.63, 3.8) is 0 Å². The van der Waals surface area contributed by atoms with Crippen molar-refractivity contribution in [2.24, 2.45) is 29.1 Å². The van der Waals surface area contributed by atoms with Crippen LogP contribution in [0.1, 0.15) is 40.0 Å². The van der Waals surface area contributed by atoms with E-state index in [4.69, 9.17) is 4.74 Å². The van der Waals surface area contributed by atoms with Crippen molar-refractivity contribution in [3.05, 3.63) is 12.7 Å². The van der Waals surface area contributed by atoms with Gasteiger partial charge in [-0.3, -0.25) is 9.59 Å². The summed E-state index contributed by atoms with van der Waals surface area (Å²) in [7, 11) is 0. The zero-order chi connectivity index (χ0) is 19.4. The van der Waals surface area contributed by atoms with Crippen molar-refractivity contribution < 1.29 is 27.5 Å². The Bertz CT molecular complexity index is 610. The Hall–Kier alpha value is -1.53. The smallest absolute Gasteiger partial charge is 0.397 e. The van der Waals surface area contributed by atoms with Crippen LogP contribution in [-0.2, 0) is 14.3 Å². The van der Waals surface area contributed by atoms with E-state index in [1.807, 2.05) is 6.08 Å². The van der Waals surface area contributed by atoms with Gasteiger partial charge >= 0.3 is 12.1 Å². The molecule has 0 aromatic rings. The predicted molar refractivity (Wildman–Crippen MR) is 88.9 cm³/mol. The summed E-state index contributed by atoms with van der Waals surface area (Å²) in [6.07, 6.45) is -3.15. The number of amides is 1. The molecule has 2 saturated carbocycles. The fraction of sp³-hybridized carbons (Fsp3) is 0.789. The van der Waals surface area contributed by atoms with Gasteiger partial charge < -0.3 is 9.64 Å². The Morgan fingerprint density at radius 2 is 1.81 bits per heavy atom. The maximum Gasteiger partial charge on any atom is 0.397 e. The second-order valence-corrected chi connectivity index (χ2v) is 8.93. The van der Waals surface area contributed by atoms with Crippen LogP contribution < -0.4 is 0 Å². The number of hydrogen-bond acceptors (Lipinski definition) is 3. The molecule has 146 valence electrons. The number of nitrogens with zero attached hydrogens (tertiary/aromatic N) is 1. The summed E-state index contributed by atoms with van der Waals surface area (Å²) in [5.74, 6) is -1.04. The largest absolute Gasteiger partial charge is 0.459 e. The van der Waals surface area contributed by atoms with E-state index in [0.29, 0.717) is 6.54 Å². The van der Waals surface area contributed by atoms with E-state index in [-0.39, 0.29) is 29.6 Å². The minimum atomic E-state index is -4.54. The highest BCUT2D eigenvalue weighted by molar-refractivity contribution is 5.78. The molecule has 3 rings (SSSR count). The summed E-state index contributed by atoms with van der Waals surface area (Å²) in [4.78, 5) is 26.2.